The minimum atomic E-state index is -0.200. The molecule has 1 amide bonds. The van der Waals surface area contributed by atoms with Crippen molar-refractivity contribution >= 4 is 38.3 Å². The highest BCUT2D eigenvalue weighted by atomic mass is 79.9. The van der Waals surface area contributed by atoms with Crippen LogP contribution in [0.3, 0.4) is 0 Å². The normalized spacial score (nSPS) is 10.1. The number of nitrogens with zero attached hydrogens (tertiary/aromatic N) is 2. The summed E-state index contributed by atoms with van der Waals surface area (Å²) < 4.78 is 0.717. The van der Waals surface area contributed by atoms with Crippen molar-refractivity contribution in [1.82, 2.24) is 9.97 Å². The van der Waals surface area contributed by atoms with Crippen LogP contribution in [0.2, 0.25) is 0 Å². The number of carbonyl (C=O) groups is 1. The van der Waals surface area contributed by atoms with E-state index < -0.39 is 0 Å². The molecule has 82 valence electrons. The van der Waals surface area contributed by atoms with E-state index in [0.717, 1.165) is 10.3 Å². The molecule has 0 radical (unpaired) electrons. The maximum Gasteiger partial charge on any atom is 0.259 e. The first kappa shape index (κ1) is 11.2. The fraction of sp³-hybridized carbons (Fsp3) is 0.100. The summed E-state index contributed by atoms with van der Waals surface area (Å²) in [7, 11) is 0. The number of hydrogen-bond donors (Lipinski definition) is 1. The van der Waals surface area contributed by atoms with Crippen molar-refractivity contribution < 1.29 is 4.79 Å². The van der Waals surface area contributed by atoms with E-state index in [9.17, 15) is 4.79 Å². The van der Waals surface area contributed by atoms with Crippen LogP contribution in [0.1, 0.15) is 16.1 Å². The fourth-order valence-corrected chi connectivity index (χ4v) is 2.22. The van der Waals surface area contributed by atoms with E-state index in [2.05, 4.69) is 31.2 Å². The Balaban J connectivity index is 2.11. The summed E-state index contributed by atoms with van der Waals surface area (Å²) in [6, 6.07) is 3.53. The van der Waals surface area contributed by atoms with Gasteiger partial charge in [-0.3, -0.25) is 15.1 Å². The molecular weight excluding hydrogens is 290 g/mol. The Hall–Kier alpha value is -1.27. The second-order valence-corrected chi connectivity index (χ2v) is 4.79. The SMILES string of the molecule is Cc1ccc(C(=O)Nc2nc(Br)cs2)cn1. The van der Waals surface area contributed by atoms with Gasteiger partial charge in [0.05, 0.1) is 5.56 Å². The second-order valence-electron chi connectivity index (χ2n) is 3.12. The number of carbonyl (C=O) groups excluding carboxylic acids is 1. The number of pyridine rings is 1. The number of amides is 1. The van der Waals surface area contributed by atoms with Crippen LogP contribution < -0.4 is 5.32 Å². The molecule has 0 bridgehead atoms. The molecular formula is C10H8BrN3OS. The monoisotopic (exact) mass is 297 g/mol. The molecule has 6 heteroatoms. The zero-order valence-electron chi connectivity index (χ0n) is 8.40. The highest BCUT2D eigenvalue weighted by Gasteiger charge is 2.08. The van der Waals surface area contributed by atoms with Gasteiger partial charge >= 0.3 is 0 Å². The van der Waals surface area contributed by atoms with Gasteiger partial charge in [-0.1, -0.05) is 0 Å². The number of nitrogens with one attached hydrogen (secondary N) is 1. The summed E-state index contributed by atoms with van der Waals surface area (Å²) in [4.78, 5) is 19.9. The third kappa shape index (κ3) is 2.65. The van der Waals surface area contributed by atoms with Gasteiger partial charge in [0.25, 0.3) is 5.91 Å². The van der Waals surface area contributed by atoms with Crippen LogP contribution in [0.4, 0.5) is 5.13 Å². The molecule has 0 aliphatic carbocycles. The molecule has 0 atom stereocenters. The number of halogens is 1. The smallest absolute Gasteiger partial charge is 0.259 e. The summed E-state index contributed by atoms with van der Waals surface area (Å²) >= 11 is 4.59. The van der Waals surface area contributed by atoms with Gasteiger partial charge in [-0.25, -0.2) is 4.98 Å². The van der Waals surface area contributed by atoms with Gasteiger partial charge in [-0.15, -0.1) is 11.3 Å². The molecule has 0 aliphatic rings. The quantitative estimate of drug-likeness (QED) is 0.927. The van der Waals surface area contributed by atoms with Gasteiger partial charge in [0.2, 0.25) is 0 Å². The predicted octanol–water partition coefficient (Wildman–Crippen LogP) is 2.86. The topological polar surface area (TPSA) is 54.9 Å². The van der Waals surface area contributed by atoms with E-state index >= 15 is 0 Å². The molecule has 0 saturated heterocycles. The van der Waals surface area contributed by atoms with Crippen molar-refractivity contribution in [2.24, 2.45) is 0 Å². The highest BCUT2D eigenvalue weighted by Crippen LogP contribution is 2.19. The number of rotatable bonds is 2. The third-order valence-corrected chi connectivity index (χ3v) is 3.34. The summed E-state index contributed by atoms with van der Waals surface area (Å²) in [5.74, 6) is -0.200. The van der Waals surface area contributed by atoms with Gasteiger partial charge in [0.1, 0.15) is 4.60 Å². The Labute approximate surface area is 105 Å². The first-order valence-electron chi connectivity index (χ1n) is 4.50. The van der Waals surface area contributed by atoms with E-state index in [1.165, 1.54) is 11.3 Å². The average Bonchev–Trinajstić information content (AvgIpc) is 2.65. The van der Waals surface area contributed by atoms with E-state index in [4.69, 9.17) is 0 Å². The first-order chi connectivity index (χ1) is 7.65. The fourth-order valence-electron chi connectivity index (χ4n) is 1.08. The van der Waals surface area contributed by atoms with Crippen molar-refractivity contribution in [2.75, 3.05) is 5.32 Å². The molecule has 2 aromatic rings. The maximum atomic E-state index is 11.7. The molecule has 1 N–H and O–H groups in total. The zero-order chi connectivity index (χ0) is 11.5. The largest absolute Gasteiger partial charge is 0.298 e. The van der Waals surface area contributed by atoms with E-state index in [1.54, 1.807) is 18.3 Å². The van der Waals surface area contributed by atoms with Crippen molar-refractivity contribution in [1.29, 1.82) is 0 Å². The van der Waals surface area contributed by atoms with Gasteiger partial charge in [0, 0.05) is 17.3 Å². The zero-order valence-corrected chi connectivity index (χ0v) is 10.8. The van der Waals surface area contributed by atoms with Crippen molar-refractivity contribution in [3.63, 3.8) is 0 Å². The van der Waals surface area contributed by atoms with Gasteiger partial charge in [-0.2, -0.15) is 0 Å². The molecule has 2 aromatic heterocycles. The van der Waals surface area contributed by atoms with E-state index in [1.807, 2.05) is 12.3 Å². The molecule has 0 fully saturated rings. The lowest BCUT2D eigenvalue weighted by molar-refractivity contribution is 0.102. The minimum Gasteiger partial charge on any atom is -0.298 e. The molecule has 0 unspecified atom stereocenters. The summed E-state index contributed by atoms with van der Waals surface area (Å²) in [5, 5.41) is 5.07. The molecule has 16 heavy (non-hydrogen) atoms. The second kappa shape index (κ2) is 4.71. The average molecular weight is 298 g/mol. The van der Waals surface area contributed by atoms with Gasteiger partial charge in [-0.05, 0) is 35.0 Å². The molecule has 0 saturated carbocycles. The molecule has 0 spiro atoms. The van der Waals surface area contributed by atoms with Crippen molar-refractivity contribution in [2.45, 2.75) is 6.92 Å². The standard InChI is InChI=1S/C10H8BrN3OS/c1-6-2-3-7(4-12-6)9(15)14-10-13-8(11)5-16-10/h2-5H,1H3,(H,13,14,15). The van der Waals surface area contributed by atoms with Crippen LogP contribution in [0.25, 0.3) is 0 Å². The van der Waals surface area contributed by atoms with Crippen molar-refractivity contribution in [3.8, 4) is 0 Å². The van der Waals surface area contributed by atoms with Crippen LogP contribution >= 0.6 is 27.3 Å². The van der Waals surface area contributed by atoms with Crippen LogP contribution in [0.5, 0.6) is 0 Å². The Kier molecular flexibility index (Phi) is 3.31. The van der Waals surface area contributed by atoms with E-state index in [0.29, 0.717) is 10.7 Å². The van der Waals surface area contributed by atoms with Gasteiger partial charge in [0.15, 0.2) is 5.13 Å². The molecule has 0 aliphatic heterocycles. The Bertz CT molecular complexity index is 509. The van der Waals surface area contributed by atoms with Crippen LogP contribution in [0, 0.1) is 6.92 Å². The van der Waals surface area contributed by atoms with E-state index in [-0.39, 0.29) is 5.91 Å². The number of thiazole rings is 1. The number of aryl methyl sites for hydroxylation is 1. The Morgan fingerprint density at radius 2 is 2.31 bits per heavy atom. The molecule has 4 nitrogen and oxygen atoms in total. The van der Waals surface area contributed by atoms with Crippen LogP contribution in [-0.4, -0.2) is 15.9 Å². The lowest BCUT2D eigenvalue weighted by atomic mass is 10.2. The third-order valence-electron chi connectivity index (χ3n) is 1.87. The first-order valence-corrected chi connectivity index (χ1v) is 6.17. The summed E-state index contributed by atoms with van der Waals surface area (Å²) in [6.45, 7) is 1.87. The van der Waals surface area contributed by atoms with Gasteiger partial charge < -0.3 is 0 Å². The minimum absolute atomic E-state index is 0.200. The lowest BCUT2D eigenvalue weighted by Gasteiger charge is -2.00. The predicted molar refractivity (Wildman–Crippen MR) is 66.7 cm³/mol. The van der Waals surface area contributed by atoms with Crippen molar-refractivity contribution in [3.05, 3.63) is 39.6 Å². The number of anilines is 1. The molecule has 2 rings (SSSR count). The summed E-state index contributed by atoms with van der Waals surface area (Å²) in [6.07, 6.45) is 1.55. The summed E-state index contributed by atoms with van der Waals surface area (Å²) in [5.41, 5.74) is 1.41. The number of hydrogen-bond acceptors (Lipinski definition) is 4. The Morgan fingerprint density at radius 3 is 2.88 bits per heavy atom. The number of aromatic nitrogens is 2. The molecule has 0 aromatic carbocycles. The lowest BCUT2D eigenvalue weighted by Crippen LogP contribution is -2.11. The maximum absolute atomic E-state index is 11.7. The van der Waals surface area contributed by atoms with Crippen LogP contribution in [0.15, 0.2) is 28.3 Å². The highest BCUT2D eigenvalue weighted by molar-refractivity contribution is 9.10. The van der Waals surface area contributed by atoms with Crippen LogP contribution in [-0.2, 0) is 0 Å². The Morgan fingerprint density at radius 1 is 1.50 bits per heavy atom. The molecule has 2 heterocycles.